The van der Waals surface area contributed by atoms with Crippen molar-refractivity contribution in [3.63, 3.8) is 0 Å². The van der Waals surface area contributed by atoms with Gasteiger partial charge in [-0.2, -0.15) is 23.2 Å². The molecule has 1 aromatic carbocycles. The Bertz CT molecular complexity index is 272. The van der Waals surface area contributed by atoms with Crippen LogP contribution in [0.4, 0.5) is 0 Å². The van der Waals surface area contributed by atoms with Gasteiger partial charge in [0.25, 0.3) is 0 Å². The first-order valence-electron chi connectivity index (χ1n) is 2.44. The van der Waals surface area contributed by atoms with Crippen LogP contribution < -0.4 is 0 Å². The molecular weight excluding hydrogens is 357 g/mol. The van der Waals surface area contributed by atoms with E-state index in [2.05, 4.69) is 6.07 Å². The van der Waals surface area contributed by atoms with Crippen molar-refractivity contribution in [1.82, 2.24) is 0 Å². The zero-order valence-corrected chi connectivity index (χ0v) is 10.5. The Morgan fingerprint density at radius 1 is 0.667 bits per heavy atom. The summed E-state index contributed by atoms with van der Waals surface area (Å²) in [7, 11) is 0. The summed E-state index contributed by atoms with van der Waals surface area (Å²) in [5.41, 5.74) is 0. The van der Waals surface area contributed by atoms with E-state index in [1.165, 1.54) is 0 Å². The van der Waals surface area contributed by atoms with Crippen molar-refractivity contribution in [2.75, 3.05) is 0 Å². The molecule has 0 amide bonds. The van der Waals surface area contributed by atoms with Gasteiger partial charge in [0.2, 0.25) is 0 Å². The van der Waals surface area contributed by atoms with Crippen LogP contribution in [0.25, 0.3) is 0 Å². The second-order valence-electron chi connectivity index (χ2n) is 1.69. The van der Waals surface area contributed by atoms with Gasteiger partial charge < -0.3 is 0 Å². The topological polar surface area (TPSA) is 0 Å². The number of benzene rings is 1. The van der Waals surface area contributed by atoms with E-state index >= 15 is 0 Å². The van der Waals surface area contributed by atoms with Crippen LogP contribution in [0, 0.1) is 6.07 Å². The molecule has 0 aromatic heterocycles. The van der Waals surface area contributed by atoms with Gasteiger partial charge in [-0.05, 0) is 15.1 Å². The van der Waals surface area contributed by atoms with Gasteiger partial charge in [-0.15, -0.1) is 40.9 Å². The van der Waals surface area contributed by atoms with Crippen molar-refractivity contribution < 1.29 is 22.4 Å². The van der Waals surface area contributed by atoms with Crippen molar-refractivity contribution in [2.45, 2.75) is 0 Å². The number of hydrogen-bond acceptors (Lipinski definition) is 0. The minimum atomic E-state index is 0. The first kappa shape index (κ1) is 13.4. The summed E-state index contributed by atoms with van der Waals surface area (Å²) in [6.07, 6.45) is 0. The average Bonchev–Trinajstić information content (AvgIpc) is 1.97. The molecule has 0 bridgehead atoms. The average molecular weight is 357 g/mol. The molecule has 6 heteroatoms. The van der Waals surface area contributed by atoms with E-state index in [0.29, 0.717) is 0 Å². The molecule has 0 spiro atoms. The van der Waals surface area contributed by atoms with Crippen molar-refractivity contribution >= 4 is 58.0 Å². The van der Waals surface area contributed by atoms with Crippen LogP contribution in [0.3, 0.4) is 0 Å². The Labute approximate surface area is 111 Å². The minimum Gasteiger partial charge on any atom is -0.164 e. The zero-order chi connectivity index (χ0) is 8.59. The Morgan fingerprint density at radius 3 is 1.33 bits per heavy atom. The molecule has 1 rings (SSSR count). The van der Waals surface area contributed by atoms with Gasteiger partial charge in [0.1, 0.15) is 0 Å². The molecule has 0 aliphatic carbocycles. The molecule has 0 heterocycles. The molecule has 1 aromatic rings. The summed E-state index contributed by atoms with van der Waals surface area (Å²) >= 11 is 28.0. The Kier molecular flexibility index (Phi) is 5.96. The Morgan fingerprint density at radius 2 is 1.00 bits per heavy atom. The summed E-state index contributed by atoms with van der Waals surface area (Å²) in [6, 6.07) is 2.53. The summed E-state index contributed by atoms with van der Waals surface area (Å²) in [5.74, 6) is 0. The molecule has 0 fully saturated rings. The third-order valence-corrected chi connectivity index (χ3v) is 3.08. The fourth-order valence-corrected chi connectivity index (χ4v) is 1.54. The monoisotopic (exact) mass is 354 g/mol. The van der Waals surface area contributed by atoms with Crippen LogP contribution in [0.1, 0.15) is 0 Å². The molecule has 12 heavy (non-hydrogen) atoms. The molecule has 0 unspecified atom stereocenters. The molecule has 0 nitrogen and oxygen atoms in total. The predicted molar refractivity (Wildman–Crippen MR) is 50.3 cm³/mol. The minimum absolute atomic E-state index is 0. The van der Waals surface area contributed by atoms with Gasteiger partial charge in [-0.25, -0.2) is 0 Å². The first-order chi connectivity index (χ1) is 5.04. The third-order valence-electron chi connectivity index (χ3n) is 0.990. The molecule has 0 N–H and O–H groups in total. The fraction of sp³-hybridized carbons (Fsp3) is 0. The van der Waals surface area contributed by atoms with Crippen LogP contribution in [0.2, 0.25) is 25.1 Å². The second-order valence-corrected chi connectivity index (χ2v) is 3.58. The van der Waals surface area contributed by atoms with Gasteiger partial charge in [0, 0.05) is 0 Å². The quantitative estimate of drug-likeness (QED) is 0.272. The fourth-order valence-electron chi connectivity index (χ4n) is 0.495. The van der Waals surface area contributed by atoms with E-state index in [1.54, 1.807) is 0 Å². The predicted octanol–water partition coefficient (Wildman–Crippen LogP) is 4.75. The van der Waals surface area contributed by atoms with Crippen molar-refractivity contribution in [3.05, 3.63) is 31.2 Å². The zero-order valence-electron chi connectivity index (χ0n) is 5.19. The molecule has 0 saturated carbocycles. The first-order valence-corrected chi connectivity index (χ1v) is 4.33. The second kappa shape index (κ2) is 5.33. The van der Waals surface area contributed by atoms with Gasteiger partial charge in [-0.3, -0.25) is 0 Å². The van der Waals surface area contributed by atoms with Crippen LogP contribution in [0.15, 0.2) is 0 Å². The SMILES string of the molecule is Clc1[c-]c(Cl)c(Cl)c(Cl)c1Cl.[Ag+]. The van der Waals surface area contributed by atoms with E-state index < -0.39 is 0 Å². The van der Waals surface area contributed by atoms with Crippen LogP contribution in [-0.4, -0.2) is 0 Å². The Balaban J connectivity index is 0.00000121. The van der Waals surface area contributed by atoms with Crippen LogP contribution in [-0.2, 0) is 22.4 Å². The molecule has 0 aliphatic rings. The molecule has 0 saturated heterocycles. The van der Waals surface area contributed by atoms with E-state index in [0.717, 1.165) is 0 Å². The van der Waals surface area contributed by atoms with E-state index in [4.69, 9.17) is 58.0 Å². The molecule has 0 radical (unpaired) electrons. The smallest absolute Gasteiger partial charge is 0.164 e. The maximum atomic E-state index is 5.64. The van der Waals surface area contributed by atoms with Gasteiger partial charge in [-0.1, -0.05) is 10.0 Å². The number of hydrogen-bond donors (Lipinski definition) is 0. The summed E-state index contributed by atoms with van der Waals surface area (Å²) in [5, 5.41) is 0.838. The molecule has 0 aliphatic heterocycles. The molecular formula is C6AgCl5. The molecule has 0 atom stereocenters. The van der Waals surface area contributed by atoms with E-state index in [-0.39, 0.29) is 47.5 Å². The normalized spacial score (nSPS) is 9.42. The van der Waals surface area contributed by atoms with Crippen molar-refractivity contribution in [1.29, 1.82) is 0 Å². The van der Waals surface area contributed by atoms with E-state index in [1.807, 2.05) is 0 Å². The largest absolute Gasteiger partial charge is 1.00 e. The Hall–Kier alpha value is 1.41. The van der Waals surface area contributed by atoms with E-state index in [9.17, 15) is 0 Å². The van der Waals surface area contributed by atoms with Crippen LogP contribution >= 0.6 is 58.0 Å². The third kappa shape index (κ3) is 2.70. The summed E-state index contributed by atoms with van der Waals surface area (Å²) in [6.45, 7) is 0. The van der Waals surface area contributed by atoms with Gasteiger partial charge >= 0.3 is 22.4 Å². The summed E-state index contributed by atoms with van der Waals surface area (Å²) < 4.78 is 0. The van der Waals surface area contributed by atoms with Gasteiger partial charge in [0.05, 0.1) is 0 Å². The number of rotatable bonds is 0. The van der Waals surface area contributed by atoms with Crippen molar-refractivity contribution in [3.8, 4) is 0 Å². The summed E-state index contributed by atoms with van der Waals surface area (Å²) in [4.78, 5) is 0. The van der Waals surface area contributed by atoms with Crippen LogP contribution in [0.5, 0.6) is 0 Å². The van der Waals surface area contributed by atoms with Gasteiger partial charge in [0.15, 0.2) is 0 Å². The van der Waals surface area contributed by atoms with Crippen molar-refractivity contribution in [2.24, 2.45) is 0 Å². The standard InChI is InChI=1S/C6Cl5.Ag/c7-2-1-3(8)5(10)6(11)4(2)9;/q-1;+1. The maximum Gasteiger partial charge on any atom is 1.00 e. The molecule has 70 valence electrons. The maximum absolute atomic E-state index is 5.64. The number of halogens is 5.